The second-order valence-corrected chi connectivity index (χ2v) is 4.76. The van der Waals surface area contributed by atoms with Crippen molar-refractivity contribution < 1.29 is 5.11 Å². The van der Waals surface area contributed by atoms with E-state index in [4.69, 9.17) is 0 Å². The van der Waals surface area contributed by atoms with Crippen LogP contribution >= 0.6 is 15.9 Å². The third-order valence-corrected chi connectivity index (χ3v) is 3.32. The summed E-state index contributed by atoms with van der Waals surface area (Å²) in [7, 11) is 0. The van der Waals surface area contributed by atoms with Crippen LogP contribution in [0.25, 0.3) is 0 Å². The van der Waals surface area contributed by atoms with E-state index < -0.39 is 6.10 Å². The van der Waals surface area contributed by atoms with Gasteiger partial charge >= 0.3 is 0 Å². The summed E-state index contributed by atoms with van der Waals surface area (Å²) in [6.07, 6.45) is 5.96. The average molecular weight is 256 g/mol. The number of pyridine rings is 1. The summed E-state index contributed by atoms with van der Waals surface area (Å²) >= 11 is 3.40. The van der Waals surface area contributed by atoms with Crippen LogP contribution in [0.5, 0.6) is 0 Å². The van der Waals surface area contributed by atoms with Crippen LogP contribution in [0.2, 0.25) is 0 Å². The highest BCUT2D eigenvalue weighted by atomic mass is 79.9. The summed E-state index contributed by atoms with van der Waals surface area (Å²) in [6, 6.07) is 3.78. The lowest BCUT2D eigenvalue weighted by atomic mass is 10.1. The summed E-state index contributed by atoms with van der Waals surface area (Å²) in [4.78, 5) is 4.18. The predicted octanol–water partition coefficient (Wildman–Crippen LogP) is 3.07. The molecule has 1 unspecified atom stereocenters. The van der Waals surface area contributed by atoms with Gasteiger partial charge in [-0.15, -0.1) is 0 Å². The fourth-order valence-corrected chi connectivity index (χ4v) is 2.10. The van der Waals surface area contributed by atoms with Crippen LogP contribution in [0.4, 0.5) is 0 Å². The second-order valence-electron chi connectivity index (χ2n) is 3.91. The molecule has 3 heteroatoms. The van der Waals surface area contributed by atoms with E-state index in [0.717, 1.165) is 28.9 Å². The van der Waals surface area contributed by atoms with Crippen LogP contribution in [0.15, 0.2) is 22.8 Å². The number of aliphatic hydroxyl groups is 1. The molecule has 0 aliphatic heterocycles. The minimum absolute atomic E-state index is 0.411. The molecule has 1 aromatic rings. The summed E-state index contributed by atoms with van der Waals surface area (Å²) in [6.45, 7) is 0. The first-order valence-corrected chi connectivity index (χ1v) is 5.85. The Kier molecular flexibility index (Phi) is 3.19. The van der Waals surface area contributed by atoms with Crippen LogP contribution in [0.3, 0.4) is 0 Å². The Bertz CT molecular complexity index is 312. The van der Waals surface area contributed by atoms with Gasteiger partial charge in [-0.1, -0.05) is 12.8 Å². The Hall–Kier alpha value is -0.410. The summed E-state index contributed by atoms with van der Waals surface area (Å²) in [5.74, 6) is 0.868. The van der Waals surface area contributed by atoms with Gasteiger partial charge in [-0.2, -0.15) is 0 Å². The van der Waals surface area contributed by atoms with Gasteiger partial charge in [0.05, 0.1) is 11.8 Å². The normalized spacial score (nSPS) is 18.1. The van der Waals surface area contributed by atoms with Crippen molar-refractivity contribution in [3.8, 4) is 0 Å². The lowest BCUT2D eigenvalue weighted by molar-refractivity contribution is 0.157. The first-order chi connectivity index (χ1) is 6.77. The van der Waals surface area contributed by atoms with E-state index in [1.165, 1.54) is 12.8 Å². The van der Waals surface area contributed by atoms with E-state index in [1.54, 1.807) is 6.20 Å². The third-order valence-electron chi connectivity index (χ3n) is 2.65. The van der Waals surface area contributed by atoms with Gasteiger partial charge in [-0.05, 0) is 46.8 Å². The van der Waals surface area contributed by atoms with Gasteiger partial charge in [0.2, 0.25) is 0 Å². The van der Waals surface area contributed by atoms with Crippen molar-refractivity contribution in [1.29, 1.82) is 0 Å². The molecule has 0 spiro atoms. The van der Waals surface area contributed by atoms with Crippen molar-refractivity contribution in [2.24, 2.45) is 5.92 Å². The van der Waals surface area contributed by atoms with Crippen LogP contribution in [0.1, 0.15) is 37.5 Å². The molecule has 0 bridgehead atoms. The molecule has 0 amide bonds. The van der Waals surface area contributed by atoms with Gasteiger partial charge in [0, 0.05) is 10.7 Å². The van der Waals surface area contributed by atoms with E-state index in [-0.39, 0.29) is 0 Å². The Balaban J connectivity index is 1.95. The van der Waals surface area contributed by atoms with Crippen LogP contribution < -0.4 is 0 Å². The largest absolute Gasteiger partial charge is 0.387 e. The van der Waals surface area contributed by atoms with Gasteiger partial charge in [0.25, 0.3) is 0 Å². The number of aliphatic hydroxyl groups excluding tert-OH is 1. The average Bonchev–Trinajstić information content (AvgIpc) is 2.98. The van der Waals surface area contributed by atoms with E-state index in [1.807, 2.05) is 12.1 Å². The fraction of sp³-hybridized carbons (Fsp3) is 0.545. The van der Waals surface area contributed by atoms with Crippen molar-refractivity contribution in [1.82, 2.24) is 4.98 Å². The molecule has 0 aromatic carbocycles. The van der Waals surface area contributed by atoms with Crippen molar-refractivity contribution >= 4 is 15.9 Å². The van der Waals surface area contributed by atoms with Gasteiger partial charge in [-0.3, -0.25) is 4.98 Å². The van der Waals surface area contributed by atoms with E-state index in [0.29, 0.717) is 0 Å². The molecule has 2 nitrogen and oxygen atoms in total. The first kappa shape index (κ1) is 10.1. The maximum Gasteiger partial charge on any atom is 0.0971 e. The zero-order chi connectivity index (χ0) is 9.97. The highest BCUT2D eigenvalue weighted by molar-refractivity contribution is 9.10. The number of halogens is 1. The quantitative estimate of drug-likeness (QED) is 0.898. The molecule has 1 aromatic heterocycles. The maximum absolute atomic E-state index is 9.89. The molecule has 14 heavy (non-hydrogen) atoms. The highest BCUT2D eigenvalue weighted by Crippen LogP contribution is 2.36. The summed E-state index contributed by atoms with van der Waals surface area (Å²) in [5.41, 5.74) is 0.771. The smallest absolute Gasteiger partial charge is 0.0971 e. The molecule has 1 aliphatic rings. The SMILES string of the molecule is OC(CCC1CC1)c1ncccc1Br. The van der Waals surface area contributed by atoms with E-state index >= 15 is 0 Å². The molecule has 76 valence electrons. The van der Waals surface area contributed by atoms with Crippen molar-refractivity contribution in [3.63, 3.8) is 0 Å². The zero-order valence-electron chi connectivity index (χ0n) is 7.99. The number of hydrogen-bond donors (Lipinski definition) is 1. The number of hydrogen-bond acceptors (Lipinski definition) is 2. The minimum atomic E-state index is -0.411. The Morgan fingerprint density at radius 2 is 2.36 bits per heavy atom. The van der Waals surface area contributed by atoms with Gasteiger partial charge in [-0.25, -0.2) is 0 Å². The Morgan fingerprint density at radius 1 is 1.57 bits per heavy atom. The standard InChI is InChI=1S/C11H14BrNO/c12-9-2-1-7-13-11(9)10(14)6-5-8-3-4-8/h1-2,7-8,10,14H,3-6H2. The Morgan fingerprint density at radius 3 is 3.00 bits per heavy atom. The second kappa shape index (κ2) is 4.41. The number of rotatable bonds is 4. The lowest BCUT2D eigenvalue weighted by Crippen LogP contribution is -2.01. The Labute approximate surface area is 92.5 Å². The molecule has 1 N–H and O–H groups in total. The topological polar surface area (TPSA) is 33.1 Å². The molecule has 1 fully saturated rings. The molecule has 1 aliphatic carbocycles. The summed E-state index contributed by atoms with van der Waals surface area (Å²) in [5, 5.41) is 9.89. The maximum atomic E-state index is 9.89. The minimum Gasteiger partial charge on any atom is -0.387 e. The van der Waals surface area contributed by atoms with Crippen molar-refractivity contribution in [2.75, 3.05) is 0 Å². The monoisotopic (exact) mass is 255 g/mol. The third kappa shape index (κ3) is 2.55. The van der Waals surface area contributed by atoms with Crippen LogP contribution in [0, 0.1) is 5.92 Å². The molecule has 1 saturated carbocycles. The zero-order valence-corrected chi connectivity index (χ0v) is 9.57. The van der Waals surface area contributed by atoms with Gasteiger partial charge in [0.1, 0.15) is 0 Å². The fourth-order valence-electron chi connectivity index (χ4n) is 1.58. The molecule has 0 radical (unpaired) electrons. The van der Waals surface area contributed by atoms with E-state index in [2.05, 4.69) is 20.9 Å². The lowest BCUT2D eigenvalue weighted by Gasteiger charge is -2.10. The molecular weight excluding hydrogens is 242 g/mol. The highest BCUT2D eigenvalue weighted by Gasteiger charge is 2.23. The van der Waals surface area contributed by atoms with Gasteiger partial charge < -0.3 is 5.11 Å². The van der Waals surface area contributed by atoms with Crippen molar-refractivity contribution in [2.45, 2.75) is 31.8 Å². The summed E-state index contributed by atoms with van der Waals surface area (Å²) < 4.78 is 0.906. The van der Waals surface area contributed by atoms with E-state index in [9.17, 15) is 5.11 Å². The predicted molar refractivity (Wildman–Crippen MR) is 58.9 cm³/mol. The molecule has 1 heterocycles. The van der Waals surface area contributed by atoms with Crippen LogP contribution in [-0.2, 0) is 0 Å². The molecule has 2 rings (SSSR count). The van der Waals surface area contributed by atoms with Gasteiger partial charge in [0.15, 0.2) is 0 Å². The van der Waals surface area contributed by atoms with Crippen molar-refractivity contribution in [3.05, 3.63) is 28.5 Å². The first-order valence-electron chi connectivity index (χ1n) is 5.06. The molecule has 1 atom stereocenters. The molecular formula is C11H14BrNO. The van der Waals surface area contributed by atoms with Crippen LogP contribution in [-0.4, -0.2) is 10.1 Å². The molecule has 0 saturated heterocycles. The number of nitrogens with zero attached hydrogens (tertiary/aromatic N) is 1. The number of aromatic nitrogens is 1.